The fourth-order valence-corrected chi connectivity index (χ4v) is 1.73. The quantitative estimate of drug-likeness (QED) is 0.581. The zero-order valence-electron chi connectivity index (χ0n) is 9.16. The molecule has 0 bridgehead atoms. The van der Waals surface area contributed by atoms with Crippen LogP contribution in [0.5, 0.6) is 11.5 Å². The van der Waals surface area contributed by atoms with Crippen LogP contribution in [0.4, 0.5) is 0 Å². The molecule has 0 fully saturated rings. The summed E-state index contributed by atoms with van der Waals surface area (Å²) in [6.45, 7) is 0.954. The molecule has 0 aliphatic carbocycles. The van der Waals surface area contributed by atoms with E-state index in [1.54, 1.807) is 19.2 Å². The van der Waals surface area contributed by atoms with Gasteiger partial charge in [0.1, 0.15) is 6.61 Å². The third-order valence-electron chi connectivity index (χ3n) is 1.97. The highest BCUT2D eigenvalue weighted by Gasteiger charge is 2.12. The van der Waals surface area contributed by atoms with Crippen molar-refractivity contribution in [3.05, 3.63) is 22.7 Å². The summed E-state index contributed by atoms with van der Waals surface area (Å²) >= 11 is 10.9. The monoisotopic (exact) mass is 260 g/mol. The first kappa shape index (κ1) is 13.2. The van der Waals surface area contributed by atoms with Gasteiger partial charge >= 0.3 is 0 Å². The third-order valence-corrected chi connectivity index (χ3v) is 2.61. The minimum atomic E-state index is 0.445. The molecule has 0 heterocycles. The first-order chi connectivity index (χ1) is 7.74. The van der Waals surface area contributed by atoms with Crippen molar-refractivity contribution >= 4 is 29.2 Å². The Morgan fingerprint density at radius 1 is 1.31 bits per heavy atom. The van der Waals surface area contributed by atoms with Crippen molar-refractivity contribution in [3.63, 3.8) is 0 Å². The molecule has 0 atom stereocenters. The first-order valence-corrected chi connectivity index (χ1v) is 5.53. The van der Waals surface area contributed by atoms with Crippen LogP contribution in [0.2, 0.25) is 5.02 Å². The number of hydrogen-bond acceptors (Lipinski definition) is 4. The second-order valence-corrected chi connectivity index (χ2v) is 3.57. The van der Waals surface area contributed by atoms with Crippen molar-refractivity contribution in [2.24, 2.45) is 0 Å². The molecule has 0 amide bonds. The van der Waals surface area contributed by atoms with Crippen LogP contribution in [0.1, 0.15) is 5.56 Å². The van der Waals surface area contributed by atoms with Crippen LogP contribution < -0.4 is 9.47 Å². The number of ether oxygens (including phenoxy) is 3. The van der Waals surface area contributed by atoms with E-state index in [1.165, 1.54) is 12.5 Å². The van der Waals surface area contributed by atoms with Crippen molar-refractivity contribution in [1.29, 1.82) is 0 Å². The summed E-state index contributed by atoms with van der Waals surface area (Å²) in [4.78, 5) is 0. The number of benzene rings is 1. The lowest BCUT2D eigenvalue weighted by atomic mass is 10.2. The van der Waals surface area contributed by atoms with Gasteiger partial charge in [0, 0.05) is 18.0 Å². The lowest BCUT2D eigenvalue weighted by molar-refractivity contribution is 0.144. The molecule has 1 rings (SSSR count). The molecule has 0 aliphatic rings. The van der Waals surface area contributed by atoms with E-state index in [4.69, 9.17) is 38.0 Å². The smallest absolute Gasteiger partial charge is 0.180 e. The molecular weight excluding hydrogens is 248 g/mol. The SMILES string of the molecule is COCCOc1ccc(C=S)c(Cl)c1OC. The maximum atomic E-state index is 6.09. The van der Waals surface area contributed by atoms with Gasteiger partial charge < -0.3 is 14.2 Å². The molecule has 88 valence electrons. The predicted molar refractivity (Wildman–Crippen MR) is 68.1 cm³/mol. The van der Waals surface area contributed by atoms with Crippen LogP contribution in [0.25, 0.3) is 0 Å². The van der Waals surface area contributed by atoms with Crippen molar-refractivity contribution in [3.8, 4) is 11.5 Å². The van der Waals surface area contributed by atoms with Crippen molar-refractivity contribution in [2.45, 2.75) is 0 Å². The minimum Gasteiger partial charge on any atom is -0.491 e. The van der Waals surface area contributed by atoms with Gasteiger partial charge in [-0.3, -0.25) is 0 Å². The number of hydrogen-bond donors (Lipinski definition) is 0. The summed E-state index contributed by atoms with van der Waals surface area (Å²) < 4.78 is 15.5. The van der Waals surface area contributed by atoms with Crippen LogP contribution in [-0.2, 0) is 4.74 Å². The molecule has 0 spiro atoms. The van der Waals surface area contributed by atoms with Gasteiger partial charge in [-0.05, 0) is 12.1 Å². The largest absolute Gasteiger partial charge is 0.491 e. The number of halogens is 1. The van der Waals surface area contributed by atoms with Crippen LogP contribution in [0.3, 0.4) is 0 Å². The highest BCUT2D eigenvalue weighted by Crippen LogP contribution is 2.36. The molecule has 1 aromatic rings. The van der Waals surface area contributed by atoms with Gasteiger partial charge in [-0.15, -0.1) is 0 Å². The Balaban J connectivity index is 2.92. The Labute approximate surface area is 105 Å². The molecule has 0 unspecified atom stereocenters. The van der Waals surface area contributed by atoms with Gasteiger partial charge in [-0.1, -0.05) is 23.8 Å². The van der Waals surface area contributed by atoms with Crippen molar-refractivity contribution in [1.82, 2.24) is 0 Å². The summed E-state index contributed by atoms with van der Waals surface area (Å²) in [7, 11) is 3.15. The van der Waals surface area contributed by atoms with E-state index in [9.17, 15) is 0 Å². The normalized spacial score (nSPS) is 9.94. The van der Waals surface area contributed by atoms with Gasteiger partial charge in [0.25, 0.3) is 0 Å². The van der Waals surface area contributed by atoms with Gasteiger partial charge in [0.2, 0.25) is 0 Å². The molecule has 3 nitrogen and oxygen atoms in total. The predicted octanol–water partition coefficient (Wildman–Crippen LogP) is 2.72. The molecule has 0 N–H and O–H groups in total. The van der Waals surface area contributed by atoms with E-state index in [0.717, 1.165) is 5.56 Å². The minimum absolute atomic E-state index is 0.445. The second-order valence-electron chi connectivity index (χ2n) is 2.96. The average molecular weight is 261 g/mol. The number of rotatable bonds is 6. The summed E-state index contributed by atoms with van der Waals surface area (Å²) in [6.07, 6.45) is 0. The van der Waals surface area contributed by atoms with E-state index < -0.39 is 0 Å². The molecule has 0 aliphatic heterocycles. The van der Waals surface area contributed by atoms with Crippen LogP contribution >= 0.6 is 23.8 Å². The highest BCUT2D eigenvalue weighted by molar-refractivity contribution is 7.79. The van der Waals surface area contributed by atoms with E-state index in [2.05, 4.69) is 0 Å². The molecular formula is C11H13ClO3S. The van der Waals surface area contributed by atoms with Gasteiger partial charge in [-0.2, -0.15) is 0 Å². The Hall–Kier alpha value is -0.840. The van der Waals surface area contributed by atoms with Gasteiger partial charge in [0.15, 0.2) is 11.5 Å². The molecule has 0 saturated heterocycles. The van der Waals surface area contributed by atoms with E-state index in [1.807, 2.05) is 0 Å². The van der Waals surface area contributed by atoms with E-state index in [-0.39, 0.29) is 0 Å². The lowest BCUT2D eigenvalue weighted by Crippen LogP contribution is -2.05. The number of thiocarbonyl (C=S) groups is 1. The van der Waals surface area contributed by atoms with Crippen LogP contribution in [0.15, 0.2) is 12.1 Å². The Bertz CT molecular complexity index is 368. The first-order valence-electron chi connectivity index (χ1n) is 4.68. The Morgan fingerprint density at radius 2 is 2.06 bits per heavy atom. The molecule has 16 heavy (non-hydrogen) atoms. The zero-order chi connectivity index (χ0) is 12.0. The second kappa shape index (κ2) is 6.68. The fraction of sp³-hybridized carbons (Fsp3) is 0.364. The standard InChI is InChI=1S/C11H13ClO3S/c1-13-5-6-15-9-4-3-8(7-16)10(12)11(9)14-2/h3-4,7H,5-6H2,1-2H3. The maximum absolute atomic E-state index is 6.09. The summed E-state index contributed by atoms with van der Waals surface area (Å²) in [5, 5.41) is 1.97. The molecule has 0 saturated carbocycles. The van der Waals surface area contributed by atoms with Crippen molar-refractivity contribution in [2.75, 3.05) is 27.4 Å². The Kier molecular flexibility index (Phi) is 5.52. The maximum Gasteiger partial charge on any atom is 0.180 e. The molecule has 0 radical (unpaired) electrons. The van der Waals surface area contributed by atoms with Gasteiger partial charge in [-0.25, -0.2) is 0 Å². The zero-order valence-corrected chi connectivity index (χ0v) is 10.7. The summed E-state index contributed by atoms with van der Waals surface area (Å²) in [5.41, 5.74) is 0.743. The Morgan fingerprint density at radius 3 is 2.62 bits per heavy atom. The topological polar surface area (TPSA) is 27.7 Å². The van der Waals surface area contributed by atoms with E-state index in [0.29, 0.717) is 29.7 Å². The highest BCUT2D eigenvalue weighted by atomic mass is 35.5. The van der Waals surface area contributed by atoms with Gasteiger partial charge in [0.05, 0.1) is 18.7 Å². The summed E-state index contributed by atoms with van der Waals surface area (Å²) in [5.74, 6) is 1.08. The summed E-state index contributed by atoms with van der Waals surface area (Å²) in [6, 6.07) is 3.57. The lowest BCUT2D eigenvalue weighted by Gasteiger charge is -2.12. The molecule has 1 aromatic carbocycles. The third kappa shape index (κ3) is 3.07. The average Bonchev–Trinajstić information content (AvgIpc) is 2.30. The molecule has 5 heteroatoms. The van der Waals surface area contributed by atoms with Crippen LogP contribution in [0, 0.1) is 0 Å². The number of methoxy groups -OCH3 is 2. The fourth-order valence-electron chi connectivity index (χ4n) is 1.18. The van der Waals surface area contributed by atoms with Crippen molar-refractivity contribution < 1.29 is 14.2 Å². The molecule has 0 aromatic heterocycles. The van der Waals surface area contributed by atoms with Crippen LogP contribution in [-0.4, -0.2) is 32.8 Å². The van der Waals surface area contributed by atoms with E-state index >= 15 is 0 Å².